The molecular formula is C20H26N2O4S. The van der Waals surface area contributed by atoms with E-state index in [0.717, 1.165) is 21.7 Å². The van der Waals surface area contributed by atoms with Gasteiger partial charge in [0, 0.05) is 0 Å². The van der Waals surface area contributed by atoms with E-state index in [0.29, 0.717) is 18.0 Å². The van der Waals surface area contributed by atoms with Crippen molar-refractivity contribution < 1.29 is 17.9 Å². The Hall–Kier alpha value is -2.54. The summed E-state index contributed by atoms with van der Waals surface area (Å²) in [4.78, 5) is 12.5. The van der Waals surface area contributed by atoms with E-state index >= 15 is 0 Å². The van der Waals surface area contributed by atoms with E-state index in [4.69, 9.17) is 4.74 Å². The van der Waals surface area contributed by atoms with Gasteiger partial charge < -0.3 is 10.1 Å². The van der Waals surface area contributed by atoms with E-state index in [1.54, 1.807) is 24.3 Å². The second kappa shape index (κ2) is 8.90. The smallest absolute Gasteiger partial charge is 0.241 e. The topological polar surface area (TPSA) is 75.7 Å². The van der Waals surface area contributed by atoms with Crippen LogP contribution in [0.5, 0.6) is 5.75 Å². The van der Waals surface area contributed by atoms with Crippen LogP contribution in [0.15, 0.2) is 48.5 Å². The van der Waals surface area contributed by atoms with E-state index < -0.39 is 10.0 Å². The maximum atomic E-state index is 12.5. The summed E-state index contributed by atoms with van der Waals surface area (Å²) in [6.45, 7) is 5.75. The minimum atomic E-state index is -3.67. The van der Waals surface area contributed by atoms with Crippen LogP contribution in [-0.2, 0) is 14.8 Å². The molecule has 0 radical (unpaired) electrons. The van der Waals surface area contributed by atoms with Crippen molar-refractivity contribution in [2.45, 2.75) is 26.8 Å². The quantitative estimate of drug-likeness (QED) is 0.752. The second-order valence-corrected chi connectivity index (χ2v) is 8.28. The number of nitrogens with zero attached hydrogens (tertiary/aromatic N) is 1. The molecule has 0 aliphatic carbocycles. The number of nitrogens with one attached hydrogen (secondary N) is 1. The van der Waals surface area contributed by atoms with Crippen LogP contribution < -0.4 is 14.4 Å². The number of carbonyl (C=O) groups is 1. The van der Waals surface area contributed by atoms with E-state index in [9.17, 15) is 13.2 Å². The number of ether oxygens (including phenoxy) is 1. The van der Waals surface area contributed by atoms with Gasteiger partial charge in [0.15, 0.2) is 0 Å². The summed E-state index contributed by atoms with van der Waals surface area (Å²) in [5, 5.41) is 2.85. The van der Waals surface area contributed by atoms with Crippen LogP contribution in [-0.4, -0.2) is 33.7 Å². The normalized spacial score (nSPS) is 12.3. The van der Waals surface area contributed by atoms with E-state index in [1.807, 2.05) is 45.0 Å². The van der Waals surface area contributed by atoms with Crippen molar-refractivity contribution in [3.63, 3.8) is 0 Å². The standard InChI is InChI=1S/C20H26N2O4S/c1-5-26-19-9-7-6-8-18(19)22(27(4,24)25)14-20(23)21-16(3)17-12-10-15(2)11-13-17/h6-13,16H,5,14H2,1-4H3,(H,21,23)/t16-/m0/s1. The van der Waals surface area contributed by atoms with Gasteiger partial charge in [-0.3, -0.25) is 9.10 Å². The van der Waals surface area contributed by atoms with Gasteiger partial charge >= 0.3 is 0 Å². The first-order valence-corrected chi connectivity index (χ1v) is 10.6. The molecule has 6 nitrogen and oxygen atoms in total. The lowest BCUT2D eigenvalue weighted by Gasteiger charge is -2.25. The number of para-hydroxylation sites is 2. The fourth-order valence-electron chi connectivity index (χ4n) is 2.68. The molecule has 0 aliphatic heterocycles. The molecule has 0 saturated carbocycles. The molecule has 2 aromatic carbocycles. The van der Waals surface area contributed by atoms with Crippen LogP contribution in [0.4, 0.5) is 5.69 Å². The molecule has 0 saturated heterocycles. The lowest BCUT2D eigenvalue weighted by Crippen LogP contribution is -2.41. The summed E-state index contributed by atoms with van der Waals surface area (Å²) in [6, 6.07) is 14.4. The fourth-order valence-corrected chi connectivity index (χ4v) is 3.54. The molecule has 146 valence electrons. The SMILES string of the molecule is CCOc1ccccc1N(CC(=O)N[C@@H](C)c1ccc(C)cc1)S(C)(=O)=O. The maximum Gasteiger partial charge on any atom is 0.241 e. The Balaban J connectivity index is 2.19. The number of benzene rings is 2. The van der Waals surface area contributed by atoms with Crippen molar-refractivity contribution in [1.82, 2.24) is 5.32 Å². The highest BCUT2D eigenvalue weighted by Crippen LogP contribution is 2.29. The molecule has 0 aromatic heterocycles. The van der Waals surface area contributed by atoms with Crippen molar-refractivity contribution in [3.05, 3.63) is 59.7 Å². The molecule has 1 N–H and O–H groups in total. The van der Waals surface area contributed by atoms with Gasteiger partial charge in [0.25, 0.3) is 0 Å². The van der Waals surface area contributed by atoms with E-state index in [1.165, 1.54) is 0 Å². The van der Waals surface area contributed by atoms with Crippen LogP contribution in [0, 0.1) is 6.92 Å². The van der Waals surface area contributed by atoms with E-state index in [2.05, 4.69) is 5.32 Å². The van der Waals surface area contributed by atoms with Crippen LogP contribution in [0.25, 0.3) is 0 Å². The Morgan fingerprint density at radius 2 is 1.78 bits per heavy atom. The molecule has 7 heteroatoms. The zero-order valence-electron chi connectivity index (χ0n) is 16.1. The van der Waals surface area contributed by atoms with Crippen LogP contribution >= 0.6 is 0 Å². The predicted molar refractivity (Wildman–Crippen MR) is 108 cm³/mol. The third-order valence-electron chi connectivity index (χ3n) is 4.08. The first kappa shape index (κ1) is 20.8. The lowest BCUT2D eigenvalue weighted by molar-refractivity contribution is -0.120. The Morgan fingerprint density at radius 1 is 1.15 bits per heavy atom. The molecular weight excluding hydrogens is 364 g/mol. The molecule has 0 heterocycles. The average molecular weight is 391 g/mol. The number of carbonyl (C=O) groups excluding carboxylic acids is 1. The maximum absolute atomic E-state index is 12.5. The van der Waals surface area contributed by atoms with Crippen molar-refractivity contribution in [2.24, 2.45) is 0 Å². The molecule has 0 fully saturated rings. The summed E-state index contributed by atoms with van der Waals surface area (Å²) < 4.78 is 31.2. The molecule has 0 aliphatic rings. The molecule has 2 aromatic rings. The van der Waals surface area contributed by atoms with Crippen LogP contribution in [0.3, 0.4) is 0 Å². The third-order valence-corrected chi connectivity index (χ3v) is 5.20. The van der Waals surface area contributed by atoms with E-state index in [-0.39, 0.29) is 18.5 Å². The number of amides is 1. The molecule has 0 spiro atoms. The zero-order chi connectivity index (χ0) is 20.0. The van der Waals surface area contributed by atoms with Gasteiger partial charge in [0.1, 0.15) is 12.3 Å². The largest absolute Gasteiger partial charge is 0.492 e. The van der Waals surface area contributed by atoms with Gasteiger partial charge in [-0.05, 0) is 38.5 Å². The number of rotatable bonds is 8. The Labute approximate surface area is 161 Å². The summed E-state index contributed by atoms with van der Waals surface area (Å²) in [6.07, 6.45) is 1.08. The number of anilines is 1. The second-order valence-electron chi connectivity index (χ2n) is 6.37. The molecule has 1 atom stereocenters. The zero-order valence-corrected chi connectivity index (χ0v) is 16.9. The predicted octanol–water partition coefficient (Wildman–Crippen LogP) is 3.04. The lowest BCUT2D eigenvalue weighted by atomic mass is 10.1. The van der Waals surface area contributed by atoms with Crippen LogP contribution in [0.2, 0.25) is 0 Å². The third kappa shape index (κ3) is 5.72. The summed E-state index contributed by atoms with van der Waals surface area (Å²) in [5.74, 6) is 0.0320. The van der Waals surface area contributed by atoms with Crippen molar-refractivity contribution in [2.75, 3.05) is 23.7 Å². The first-order valence-electron chi connectivity index (χ1n) is 8.77. The number of sulfonamides is 1. The average Bonchev–Trinajstić information content (AvgIpc) is 2.60. The highest BCUT2D eigenvalue weighted by molar-refractivity contribution is 7.92. The van der Waals surface area contributed by atoms with Gasteiger partial charge in [0.2, 0.25) is 15.9 Å². The van der Waals surface area contributed by atoms with Gasteiger partial charge in [-0.15, -0.1) is 0 Å². The molecule has 2 rings (SSSR count). The highest BCUT2D eigenvalue weighted by atomic mass is 32.2. The highest BCUT2D eigenvalue weighted by Gasteiger charge is 2.24. The molecule has 1 amide bonds. The summed E-state index contributed by atoms with van der Waals surface area (Å²) in [5.41, 5.74) is 2.43. The van der Waals surface area contributed by atoms with Gasteiger partial charge in [-0.1, -0.05) is 42.0 Å². The van der Waals surface area contributed by atoms with Crippen molar-refractivity contribution in [1.29, 1.82) is 0 Å². The number of aryl methyl sites for hydroxylation is 1. The summed E-state index contributed by atoms with van der Waals surface area (Å²) >= 11 is 0. The monoisotopic (exact) mass is 390 g/mol. The van der Waals surface area contributed by atoms with Gasteiger partial charge in [0.05, 0.1) is 24.6 Å². The molecule has 27 heavy (non-hydrogen) atoms. The van der Waals surface area contributed by atoms with Gasteiger partial charge in [-0.25, -0.2) is 8.42 Å². The minimum Gasteiger partial charge on any atom is -0.492 e. The van der Waals surface area contributed by atoms with Crippen molar-refractivity contribution >= 4 is 21.6 Å². The fraction of sp³-hybridized carbons (Fsp3) is 0.350. The molecule has 0 unspecified atom stereocenters. The Morgan fingerprint density at radius 3 is 2.37 bits per heavy atom. The first-order chi connectivity index (χ1) is 12.7. The van der Waals surface area contributed by atoms with Gasteiger partial charge in [-0.2, -0.15) is 0 Å². The molecule has 0 bridgehead atoms. The minimum absolute atomic E-state index is 0.235. The Kier molecular flexibility index (Phi) is 6.85. The Bertz CT molecular complexity index is 879. The van der Waals surface area contributed by atoms with Crippen LogP contribution in [0.1, 0.15) is 31.0 Å². The van der Waals surface area contributed by atoms with Crippen molar-refractivity contribution in [3.8, 4) is 5.75 Å². The number of hydrogen-bond donors (Lipinski definition) is 1. The number of hydrogen-bond acceptors (Lipinski definition) is 4. The summed E-state index contributed by atoms with van der Waals surface area (Å²) in [7, 11) is -3.67.